The molecular weight excluding hydrogens is 373 g/mol. The third-order valence-electron chi connectivity index (χ3n) is 4.61. The van der Waals surface area contributed by atoms with Crippen LogP contribution < -0.4 is 11.0 Å². The van der Waals surface area contributed by atoms with E-state index in [-0.39, 0.29) is 6.61 Å². The molecule has 0 spiro atoms. The molecule has 1 aliphatic rings. The Kier molecular flexibility index (Phi) is 8.34. The number of halogens is 1. The molecule has 3 N–H and O–H groups in total. The first-order valence-electron chi connectivity index (χ1n) is 9.59. The topological polar surface area (TPSA) is 123 Å². The highest BCUT2D eigenvalue weighted by atomic mass is 19.1. The number of aromatic nitrogens is 2. The van der Waals surface area contributed by atoms with Crippen molar-refractivity contribution in [2.75, 3.05) is 11.9 Å². The minimum absolute atomic E-state index is 0.189. The van der Waals surface area contributed by atoms with E-state index in [0.29, 0.717) is 6.42 Å². The Bertz CT molecular complexity index is 713. The number of carbonyl (C=O) groups excluding carboxylic acids is 1. The van der Waals surface area contributed by atoms with E-state index in [9.17, 15) is 24.2 Å². The van der Waals surface area contributed by atoms with Crippen LogP contribution in [0.1, 0.15) is 58.6 Å². The number of amides is 1. The fourth-order valence-corrected chi connectivity index (χ4v) is 2.95. The van der Waals surface area contributed by atoms with Crippen molar-refractivity contribution >= 4 is 11.9 Å². The zero-order valence-corrected chi connectivity index (χ0v) is 16.1. The quantitative estimate of drug-likeness (QED) is 0.540. The van der Waals surface area contributed by atoms with Crippen molar-refractivity contribution in [3.8, 4) is 0 Å². The van der Waals surface area contributed by atoms with Gasteiger partial charge in [-0.2, -0.15) is 4.98 Å². The maximum Gasteiger partial charge on any atom is 0.412 e. The second kappa shape index (κ2) is 10.5. The maximum atomic E-state index is 14.2. The van der Waals surface area contributed by atoms with Crippen LogP contribution in [0.2, 0.25) is 0 Å². The number of hydrogen-bond donors (Lipinski definition) is 3. The van der Waals surface area contributed by atoms with Gasteiger partial charge in [0.1, 0.15) is 12.2 Å². The van der Waals surface area contributed by atoms with Crippen LogP contribution in [-0.2, 0) is 9.47 Å². The van der Waals surface area contributed by atoms with E-state index in [0.717, 1.165) is 36.4 Å². The molecule has 0 saturated carbocycles. The molecular formula is C18H28FN3O6. The summed E-state index contributed by atoms with van der Waals surface area (Å²) in [5.74, 6) is -1.57. The molecule has 2 heterocycles. The van der Waals surface area contributed by atoms with Gasteiger partial charge in [-0.15, -0.1) is 0 Å². The largest absolute Gasteiger partial charge is 0.449 e. The van der Waals surface area contributed by atoms with Crippen LogP contribution in [0.3, 0.4) is 0 Å². The number of nitrogens with one attached hydrogen (secondary N) is 1. The fraction of sp³-hybridized carbons (Fsp3) is 0.722. The second-order valence-electron chi connectivity index (χ2n) is 6.87. The molecule has 0 aromatic carbocycles. The molecule has 1 aromatic rings. The van der Waals surface area contributed by atoms with Gasteiger partial charge in [-0.25, -0.2) is 14.0 Å². The Labute approximate surface area is 162 Å². The van der Waals surface area contributed by atoms with Crippen LogP contribution in [0, 0.1) is 5.82 Å². The molecule has 1 saturated heterocycles. The highest BCUT2D eigenvalue weighted by Gasteiger charge is 2.42. The van der Waals surface area contributed by atoms with Crippen LogP contribution in [0.4, 0.5) is 15.0 Å². The van der Waals surface area contributed by atoms with Gasteiger partial charge in [-0.05, 0) is 13.3 Å². The van der Waals surface area contributed by atoms with Gasteiger partial charge in [0.05, 0.1) is 18.9 Å². The molecule has 28 heavy (non-hydrogen) atoms. The lowest BCUT2D eigenvalue weighted by Gasteiger charge is -2.17. The lowest BCUT2D eigenvalue weighted by molar-refractivity contribution is -0.0355. The lowest BCUT2D eigenvalue weighted by Crippen LogP contribution is -2.36. The first-order valence-corrected chi connectivity index (χ1v) is 9.59. The van der Waals surface area contributed by atoms with Crippen molar-refractivity contribution < 1.29 is 28.9 Å². The molecule has 158 valence electrons. The second-order valence-corrected chi connectivity index (χ2v) is 6.87. The predicted octanol–water partition coefficient (Wildman–Crippen LogP) is 1.93. The van der Waals surface area contributed by atoms with E-state index >= 15 is 0 Å². The van der Waals surface area contributed by atoms with Gasteiger partial charge in [0, 0.05) is 0 Å². The SMILES string of the molecule is CCCCCCCCOC(=O)Nc1nc(=O)n([C@@H]2O[C@H](C)C(O)C2O)cc1F. The molecule has 0 radical (unpaired) electrons. The van der Waals surface area contributed by atoms with Crippen molar-refractivity contribution in [2.24, 2.45) is 0 Å². The van der Waals surface area contributed by atoms with Crippen molar-refractivity contribution in [1.82, 2.24) is 9.55 Å². The maximum absolute atomic E-state index is 14.2. The fourth-order valence-electron chi connectivity index (χ4n) is 2.95. The van der Waals surface area contributed by atoms with Crippen molar-refractivity contribution in [3.63, 3.8) is 0 Å². The predicted molar refractivity (Wildman–Crippen MR) is 98.4 cm³/mol. The smallest absolute Gasteiger partial charge is 0.412 e. The van der Waals surface area contributed by atoms with Gasteiger partial charge in [0.25, 0.3) is 0 Å². The van der Waals surface area contributed by atoms with Crippen LogP contribution in [-0.4, -0.2) is 50.8 Å². The Morgan fingerprint density at radius 1 is 1.29 bits per heavy atom. The van der Waals surface area contributed by atoms with E-state index in [1.54, 1.807) is 0 Å². The molecule has 1 amide bonds. The van der Waals surface area contributed by atoms with Crippen molar-refractivity contribution in [1.29, 1.82) is 0 Å². The first kappa shape index (κ1) is 22.3. The zero-order valence-electron chi connectivity index (χ0n) is 16.1. The average molecular weight is 401 g/mol. The lowest BCUT2D eigenvalue weighted by atomic mass is 10.1. The van der Waals surface area contributed by atoms with Gasteiger partial charge in [0.2, 0.25) is 0 Å². The molecule has 1 aliphatic heterocycles. The standard InChI is InChI=1S/C18H28FN3O6/c1-3-4-5-6-7-8-9-27-18(26)21-15-12(19)10-22(17(25)20-15)16-14(24)13(23)11(2)28-16/h10-11,13-14,16,23-24H,3-9H2,1-2H3,(H,20,21,25,26)/t11-,13?,14?,16-/m1/s1. The van der Waals surface area contributed by atoms with E-state index in [1.807, 2.05) is 0 Å². The summed E-state index contributed by atoms with van der Waals surface area (Å²) in [5.41, 5.74) is -0.946. The first-order chi connectivity index (χ1) is 13.3. The minimum Gasteiger partial charge on any atom is -0.449 e. The number of rotatable bonds is 9. The number of aliphatic hydroxyl groups excluding tert-OH is 2. The van der Waals surface area contributed by atoms with Gasteiger partial charge < -0.3 is 19.7 Å². The van der Waals surface area contributed by atoms with E-state index in [1.165, 1.54) is 13.3 Å². The third kappa shape index (κ3) is 5.73. The number of aliphatic hydroxyl groups is 2. The molecule has 2 rings (SSSR count). The molecule has 4 atom stereocenters. The van der Waals surface area contributed by atoms with E-state index in [4.69, 9.17) is 9.47 Å². The Morgan fingerprint density at radius 3 is 2.61 bits per heavy atom. The van der Waals surface area contributed by atoms with Gasteiger partial charge >= 0.3 is 11.8 Å². The molecule has 0 bridgehead atoms. The number of anilines is 1. The Balaban J connectivity index is 1.89. The molecule has 1 fully saturated rings. The van der Waals surface area contributed by atoms with Gasteiger partial charge in [-0.3, -0.25) is 9.88 Å². The van der Waals surface area contributed by atoms with Crippen molar-refractivity contribution in [2.45, 2.75) is 76.9 Å². The molecule has 9 nitrogen and oxygen atoms in total. The summed E-state index contributed by atoms with van der Waals surface area (Å²) in [6.45, 7) is 3.83. The summed E-state index contributed by atoms with van der Waals surface area (Å²) < 4.78 is 25.2. The highest BCUT2D eigenvalue weighted by Crippen LogP contribution is 2.28. The van der Waals surface area contributed by atoms with E-state index in [2.05, 4.69) is 17.2 Å². The summed E-state index contributed by atoms with van der Waals surface area (Å²) >= 11 is 0. The number of ether oxygens (including phenoxy) is 2. The normalized spacial score (nSPS) is 24.3. The average Bonchev–Trinajstić information content (AvgIpc) is 2.91. The monoisotopic (exact) mass is 401 g/mol. The zero-order chi connectivity index (χ0) is 20.7. The summed E-state index contributed by atoms with van der Waals surface area (Å²) in [6.07, 6.45) is 1.41. The number of unbranched alkanes of at least 4 members (excludes halogenated alkanes) is 5. The van der Waals surface area contributed by atoms with Gasteiger partial charge in [0.15, 0.2) is 17.9 Å². The summed E-state index contributed by atoms with van der Waals surface area (Å²) in [7, 11) is 0. The highest BCUT2D eigenvalue weighted by molar-refractivity contribution is 5.83. The minimum atomic E-state index is -1.41. The van der Waals surface area contributed by atoms with Crippen LogP contribution in [0.15, 0.2) is 11.0 Å². The molecule has 2 unspecified atom stereocenters. The Hall–Kier alpha value is -2.04. The van der Waals surface area contributed by atoms with Crippen LogP contribution >= 0.6 is 0 Å². The van der Waals surface area contributed by atoms with Gasteiger partial charge in [-0.1, -0.05) is 39.0 Å². The Morgan fingerprint density at radius 2 is 1.96 bits per heavy atom. The third-order valence-corrected chi connectivity index (χ3v) is 4.61. The molecule has 0 aliphatic carbocycles. The summed E-state index contributed by atoms with van der Waals surface area (Å²) in [5, 5.41) is 21.7. The molecule has 10 heteroatoms. The number of nitrogens with zero attached hydrogens (tertiary/aromatic N) is 2. The number of hydrogen-bond acceptors (Lipinski definition) is 7. The summed E-state index contributed by atoms with van der Waals surface area (Å²) in [6, 6.07) is 0. The van der Waals surface area contributed by atoms with Crippen molar-refractivity contribution in [3.05, 3.63) is 22.5 Å². The van der Waals surface area contributed by atoms with Crippen LogP contribution in [0.5, 0.6) is 0 Å². The molecule has 1 aromatic heterocycles. The number of carbonyl (C=O) groups is 1. The van der Waals surface area contributed by atoms with Crippen LogP contribution in [0.25, 0.3) is 0 Å². The van der Waals surface area contributed by atoms with E-state index < -0.39 is 48.0 Å². The summed E-state index contributed by atoms with van der Waals surface area (Å²) in [4.78, 5) is 27.3.